The SMILES string of the molecule is O=C(c1ccn2c(-c3ccccc3Br)nnc2c1)N1CCCC1. The molecule has 1 aliphatic heterocycles. The first-order valence-corrected chi connectivity index (χ1v) is 8.42. The molecule has 0 radical (unpaired) electrons. The van der Waals surface area contributed by atoms with E-state index in [0.717, 1.165) is 41.8 Å². The van der Waals surface area contributed by atoms with Crippen molar-refractivity contribution in [2.75, 3.05) is 13.1 Å². The molecule has 0 saturated carbocycles. The summed E-state index contributed by atoms with van der Waals surface area (Å²) in [6.07, 6.45) is 4.05. The molecule has 1 aliphatic rings. The third-order valence-corrected chi connectivity index (χ3v) is 4.86. The lowest BCUT2D eigenvalue weighted by atomic mass is 10.2. The molecule has 1 fully saturated rings. The first-order valence-electron chi connectivity index (χ1n) is 7.63. The normalized spacial score (nSPS) is 14.6. The molecule has 0 aliphatic carbocycles. The number of benzene rings is 1. The summed E-state index contributed by atoms with van der Waals surface area (Å²) >= 11 is 3.54. The zero-order valence-corrected chi connectivity index (χ0v) is 14.0. The predicted molar refractivity (Wildman–Crippen MR) is 91.3 cm³/mol. The molecule has 1 amide bonds. The van der Waals surface area contributed by atoms with Crippen LogP contribution >= 0.6 is 15.9 Å². The summed E-state index contributed by atoms with van der Waals surface area (Å²) in [5, 5.41) is 8.51. The minimum absolute atomic E-state index is 0.0791. The van der Waals surface area contributed by atoms with E-state index in [4.69, 9.17) is 0 Å². The van der Waals surface area contributed by atoms with Gasteiger partial charge in [0, 0.05) is 34.9 Å². The van der Waals surface area contributed by atoms with E-state index in [1.807, 2.05) is 51.9 Å². The van der Waals surface area contributed by atoms with Gasteiger partial charge in [0.25, 0.3) is 5.91 Å². The number of likely N-dealkylation sites (tertiary alicyclic amines) is 1. The topological polar surface area (TPSA) is 50.5 Å². The quantitative estimate of drug-likeness (QED) is 0.694. The lowest BCUT2D eigenvalue weighted by Gasteiger charge is -2.15. The first-order chi connectivity index (χ1) is 11.2. The second-order valence-corrected chi connectivity index (χ2v) is 6.50. The van der Waals surface area contributed by atoms with E-state index in [1.165, 1.54) is 0 Å². The summed E-state index contributed by atoms with van der Waals surface area (Å²) in [4.78, 5) is 14.4. The Morgan fingerprint density at radius 2 is 1.87 bits per heavy atom. The Morgan fingerprint density at radius 1 is 1.09 bits per heavy atom. The molecule has 0 unspecified atom stereocenters. The van der Waals surface area contributed by atoms with Crippen molar-refractivity contribution in [2.45, 2.75) is 12.8 Å². The van der Waals surface area contributed by atoms with Gasteiger partial charge in [-0.1, -0.05) is 34.1 Å². The molecule has 0 N–H and O–H groups in total. The molecular formula is C17H15BrN4O. The van der Waals surface area contributed by atoms with Crippen molar-refractivity contribution in [3.63, 3.8) is 0 Å². The number of carbonyl (C=O) groups is 1. The van der Waals surface area contributed by atoms with Crippen LogP contribution in [-0.4, -0.2) is 38.5 Å². The van der Waals surface area contributed by atoms with Crippen molar-refractivity contribution in [2.24, 2.45) is 0 Å². The van der Waals surface area contributed by atoms with E-state index in [1.54, 1.807) is 0 Å². The van der Waals surface area contributed by atoms with Gasteiger partial charge in [-0.15, -0.1) is 10.2 Å². The van der Waals surface area contributed by atoms with Crippen LogP contribution in [0.4, 0.5) is 0 Å². The molecular weight excluding hydrogens is 356 g/mol. The number of carbonyl (C=O) groups excluding carboxylic acids is 1. The van der Waals surface area contributed by atoms with Gasteiger partial charge in [0.05, 0.1) is 0 Å². The van der Waals surface area contributed by atoms with Crippen LogP contribution in [0.2, 0.25) is 0 Å². The van der Waals surface area contributed by atoms with E-state index in [2.05, 4.69) is 26.1 Å². The van der Waals surface area contributed by atoms with Crippen LogP contribution in [0.5, 0.6) is 0 Å². The van der Waals surface area contributed by atoms with Crippen molar-refractivity contribution in [3.8, 4) is 11.4 Å². The highest BCUT2D eigenvalue weighted by Crippen LogP contribution is 2.27. The fraction of sp³-hybridized carbons (Fsp3) is 0.235. The standard InChI is InChI=1S/C17H15BrN4O/c18-14-6-2-1-5-13(14)16-20-19-15-11-12(7-10-22(15)16)17(23)21-8-3-4-9-21/h1-2,5-7,10-11H,3-4,8-9H2. The number of hydrogen-bond donors (Lipinski definition) is 0. The second kappa shape index (κ2) is 5.77. The number of rotatable bonds is 2. The second-order valence-electron chi connectivity index (χ2n) is 5.65. The van der Waals surface area contributed by atoms with Gasteiger partial charge in [0.2, 0.25) is 0 Å². The molecule has 3 heterocycles. The third kappa shape index (κ3) is 2.53. The highest BCUT2D eigenvalue weighted by molar-refractivity contribution is 9.10. The Hall–Kier alpha value is -2.21. The zero-order valence-electron chi connectivity index (χ0n) is 12.4. The van der Waals surface area contributed by atoms with Crippen molar-refractivity contribution >= 4 is 27.5 Å². The van der Waals surface area contributed by atoms with Crippen LogP contribution < -0.4 is 0 Å². The Bertz CT molecular complexity index is 883. The lowest BCUT2D eigenvalue weighted by Crippen LogP contribution is -2.27. The molecule has 1 aromatic carbocycles. The van der Waals surface area contributed by atoms with Crippen molar-refractivity contribution in [1.29, 1.82) is 0 Å². The number of aromatic nitrogens is 3. The van der Waals surface area contributed by atoms with Gasteiger partial charge in [-0.2, -0.15) is 0 Å². The van der Waals surface area contributed by atoms with Gasteiger partial charge in [0.15, 0.2) is 11.5 Å². The van der Waals surface area contributed by atoms with Gasteiger partial charge in [-0.3, -0.25) is 9.20 Å². The molecule has 23 heavy (non-hydrogen) atoms. The minimum Gasteiger partial charge on any atom is -0.339 e. The van der Waals surface area contributed by atoms with Crippen LogP contribution in [0.25, 0.3) is 17.0 Å². The molecule has 4 rings (SSSR count). The maximum Gasteiger partial charge on any atom is 0.254 e. The highest BCUT2D eigenvalue weighted by atomic mass is 79.9. The predicted octanol–water partition coefficient (Wildman–Crippen LogP) is 3.39. The fourth-order valence-corrected chi connectivity index (χ4v) is 3.41. The van der Waals surface area contributed by atoms with Crippen molar-refractivity contribution in [1.82, 2.24) is 19.5 Å². The molecule has 5 nitrogen and oxygen atoms in total. The lowest BCUT2D eigenvalue weighted by molar-refractivity contribution is 0.0793. The maximum atomic E-state index is 12.5. The van der Waals surface area contributed by atoms with Crippen LogP contribution in [0.15, 0.2) is 47.1 Å². The van der Waals surface area contributed by atoms with Crippen molar-refractivity contribution < 1.29 is 4.79 Å². The van der Waals surface area contributed by atoms with Crippen molar-refractivity contribution in [3.05, 3.63) is 52.6 Å². The number of halogens is 1. The van der Waals surface area contributed by atoms with E-state index in [-0.39, 0.29) is 5.91 Å². The average molecular weight is 371 g/mol. The van der Waals surface area contributed by atoms with E-state index < -0.39 is 0 Å². The summed E-state index contributed by atoms with van der Waals surface area (Å²) in [6, 6.07) is 11.5. The Balaban J connectivity index is 1.74. The van der Waals surface area contributed by atoms with Gasteiger partial charge in [0.1, 0.15) is 0 Å². The molecule has 3 aromatic rings. The van der Waals surface area contributed by atoms with E-state index in [0.29, 0.717) is 11.2 Å². The van der Waals surface area contributed by atoms with Gasteiger partial charge in [-0.05, 0) is 31.0 Å². The van der Waals surface area contributed by atoms with Gasteiger partial charge < -0.3 is 4.90 Å². The number of fused-ring (bicyclic) bond motifs is 1. The molecule has 6 heteroatoms. The summed E-state index contributed by atoms with van der Waals surface area (Å²) < 4.78 is 2.87. The Kier molecular flexibility index (Phi) is 3.61. The summed E-state index contributed by atoms with van der Waals surface area (Å²) in [6.45, 7) is 1.69. The molecule has 0 bridgehead atoms. The van der Waals surface area contributed by atoms with Crippen LogP contribution in [0.3, 0.4) is 0 Å². The Morgan fingerprint density at radius 3 is 2.65 bits per heavy atom. The average Bonchev–Trinajstić information content (AvgIpc) is 3.24. The summed E-state index contributed by atoms with van der Waals surface area (Å²) in [5.41, 5.74) is 2.32. The highest BCUT2D eigenvalue weighted by Gasteiger charge is 2.20. The molecule has 2 aromatic heterocycles. The molecule has 116 valence electrons. The van der Waals surface area contributed by atoms with Gasteiger partial charge >= 0.3 is 0 Å². The Labute approximate surface area is 142 Å². The fourth-order valence-electron chi connectivity index (χ4n) is 2.95. The van der Waals surface area contributed by atoms with E-state index >= 15 is 0 Å². The first kappa shape index (κ1) is 14.4. The number of nitrogens with zero attached hydrogens (tertiary/aromatic N) is 4. The molecule has 0 spiro atoms. The van der Waals surface area contributed by atoms with Crippen LogP contribution in [0, 0.1) is 0 Å². The van der Waals surface area contributed by atoms with Crippen LogP contribution in [0.1, 0.15) is 23.2 Å². The number of amides is 1. The molecule has 0 atom stereocenters. The van der Waals surface area contributed by atoms with Crippen LogP contribution in [-0.2, 0) is 0 Å². The third-order valence-electron chi connectivity index (χ3n) is 4.16. The van der Waals surface area contributed by atoms with E-state index in [9.17, 15) is 4.79 Å². The largest absolute Gasteiger partial charge is 0.339 e. The molecule has 1 saturated heterocycles. The number of hydrogen-bond acceptors (Lipinski definition) is 3. The van der Waals surface area contributed by atoms with Gasteiger partial charge in [-0.25, -0.2) is 0 Å². The summed E-state index contributed by atoms with van der Waals surface area (Å²) in [5.74, 6) is 0.836. The summed E-state index contributed by atoms with van der Waals surface area (Å²) in [7, 11) is 0. The number of pyridine rings is 1. The minimum atomic E-state index is 0.0791. The smallest absolute Gasteiger partial charge is 0.254 e. The zero-order chi connectivity index (χ0) is 15.8. The monoisotopic (exact) mass is 370 g/mol. The maximum absolute atomic E-state index is 12.5.